The maximum atomic E-state index is 13.6. The molecule has 2 aromatic carbocycles. The number of hydrogen-bond donors (Lipinski definition) is 1. The van der Waals surface area contributed by atoms with Crippen LogP contribution in [0.3, 0.4) is 0 Å². The Hall–Kier alpha value is -2.07. The molecule has 0 heterocycles. The fraction of sp³-hybridized carbons (Fsp3) is 0.294. The molecule has 2 rings (SSSR count). The van der Waals surface area contributed by atoms with Crippen molar-refractivity contribution in [1.82, 2.24) is 0 Å². The molecule has 1 atom stereocenters. The van der Waals surface area contributed by atoms with E-state index >= 15 is 0 Å². The van der Waals surface area contributed by atoms with Crippen molar-refractivity contribution in [3.63, 3.8) is 0 Å². The lowest BCUT2D eigenvalue weighted by Crippen LogP contribution is -1.99. The highest BCUT2D eigenvalue weighted by Gasteiger charge is 2.14. The van der Waals surface area contributed by atoms with E-state index in [1.165, 1.54) is 6.07 Å². The van der Waals surface area contributed by atoms with Crippen molar-refractivity contribution in [2.45, 2.75) is 26.9 Å². The first-order valence-corrected chi connectivity index (χ1v) is 6.90. The molecule has 112 valence electrons. The largest absolute Gasteiger partial charge is 0.494 e. The molecule has 1 N–H and O–H groups in total. The molecule has 2 aromatic rings. The Morgan fingerprint density at radius 1 is 1.19 bits per heavy atom. The van der Waals surface area contributed by atoms with Gasteiger partial charge in [0.05, 0.1) is 12.7 Å². The summed E-state index contributed by atoms with van der Waals surface area (Å²) in [6.07, 6.45) is -0.815. The normalized spacial score (nSPS) is 12.0. The molecule has 0 amide bonds. The molecule has 0 saturated carbocycles. The Labute approximate surface area is 124 Å². The van der Waals surface area contributed by atoms with Crippen LogP contribution < -0.4 is 9.47 Å². The number of hydrogen-bond acceptors (Lipinski definition) is 3. The predicted octanol–water partition coefficient (Wildman–Crippen LogP) is 4.38. The van der Waals surface area contributed by atoms with Gasteiger partial charge in [0.25, 0.3) is 0 Å². The van der Waals surface area contributed by atoms with Crippen LogP contribution in [-0.4, -0.2) is 11.7 Å². The van der Waals surface area contributed by atoms with Gasteiger partial charge in [-0.3, -0.25) is 0 Å². The summed E-state index contributed by atoms with van der Waals surface area (Å²) in [6.45, 7) is 5.71. The van der Waals surface area contributed by atoms with Crippen molar-refractivity contribution in [3.8, 4) is 17.2 Å². The van der Waals surface area contributed by atoms with Gasteiger partial charge in [-0.2, -0.15) is 0 Å². The summed E-state index contributed by atoms with van der Waals surface area (Å²) in [7, 11) is 0. The summed E-state index contributed by atoms with van der Waals surface area (Å²) < 4.78 is 24.8. The Morgan fingerprint density at radius 3 is 2.57 bits per heavy atom. The topological polar surface area (TPSA) is 38.7 Å². The molecule has 0 saturated heterocycles. The Kier molecular flexibility index (Phi) is 4.81. The van der Waals surface area contributed by atoms with Crippen LogP contribution in [0.5, 0.6) is 17.2 Å². The van der Waals surface area contributed by atoms with Crippen molar-refractivity contribution in [2.75, 3.05) is 6.61 Å². The highest BCUT2D eigenvalue weighted by molar-refractivity contribution is 5.43. The third kappa shape index (κ3) is 3.73. The second-order valence-corrected chi connectivity index (χ2v) is 4.83. The molecule has 0 bridgehead atoms. The first kappa shape index (κ1) is 15.3. The van der Waals surface area contributed by atoms with E-state index < -0.39 is 6.10 Å². The van der Waals surface area contributed by atoms with Gasteiger partial charge in [0.1, 0.15) is 23.1 Å². The van der Waals surface area contributed by atoms with E-state index in [1.54, 1.807) is 32.0 Å². The smallest absolute Gasteiger partial charge is 0.133 e. The Morgan fingerprint density at radius 2 is 1.90 bits per heavy atom. The van der Waals surface area contributed by atoms with Crippen LogP contribution in [0.15, 0.2) is 36.4 Å². The Bertz CT molecular complexity index is 623. The van der Waals surface area contributed by atoms with Gasteiger partial charge < -0.3 is 14.6 Å². The zero-order valence-corrected chi connectivity index (χ0v) is 12.4. The van der Waals surface area contributed by atoms with Crippen molar-refractivity contribution >= 4 is 0 Å². The SMILES string of the molecule is CCOc1cccc(Oc2cc(C)c(F)cc2[C@@H](C)O)c1. The van der Waals surface area contributed by atoms with Crippen LogP contribution >= 0.6 is 0 Å². The first-order chi connectivity index (χ1) is 10.0. The monoisotopic (exact) mass is 290 g/mol. The summed E-state index contributed by atoms with van der Waals surface area (Å²) in [4.78, 5) is 0. The molecule has 0 aliphatic carbocycles. The molecule has 4 heteroatoms. The molecule has 0 aliphatic heterocycles. The number of aliphatic hydroxyl groups excluding tert-OH is 1. The van der Waals surface area contributed by atoms with Gasteiger partial charge in [0.15, 0.2) is 0 Å². The predicted molar refractivity (Wildman–Crippen MR) is 79.5 cm³/mol. The minimum atomic E-state index is -0.815. The van der Waals surface area contributed by atoms with E-state index in [0.29, 0.717) is 35.0 Å². The Balaban J connectivity index is 2.34. The number of ether oxygens (including phenoxy) is 2. The van der Waals surface area contributed by atoms with Crippen molar-refractivity contribution < 1.29 is 19.0 Å². The zero-order valence-electron chi connectivity index (χ0n) is 12.4. The van der Waals surface area contributed by atoms with Crippen molar-refractivity contribution in [3.05, 3.63) is 53.3 Å². The quantitative estimate of drug-likeness (QED) is 0.888. The van der Waals surface area contributed by atoms with Gasteiger partial charge in [-0.1, -0.05) is 6.07 Å². The van der Waals surface area contributed by atoms with Gasteiger partial charge in [0.2, 0.25) is 0 Å². The molecular weight excluding hydrogens is 271 g/mol. The number of benzene rings is 2. The summed E-state index contributed by atoms with van der Waals surface area (Å²) in [6, 6.07) is 10.1. The van der Waals surface area contributed by atoms with E-state index in [0.717, 1.165) is 0 Å². The fourth-order valence-corrected chi connectivity index (χ4v) is 2.01. The van der Waals surface area contributed by atoms with Crippen LogP contribution in [0.1, 0.15) is 31.1 Å². The summed E-state index contributed by atoms with van der Waals surface area (Å²) >= 11 is 0. The molecule has 0 radical (unpaired) electrons. The summed E-state index contributed by atoms with van der Waals surface area (Å²) in [5.41, 5.74) is 0.885. The lowest BCUT2D eigenvalue weighted by molar-refractivity contribution is 0.195. The molecule has 0 fully saturated rings. The number of aryl methyl sites for hydroxylation is 1. The van der Waals surface area contributed by atoms with Gasteiger partial charge in [-0.25, -0.2) is 4.39 Å². The van der Waals surface area contributed by atoms with E-state index in [-0.39, 0.29) is 5.82 Å². The van der Waals surface area contributed by atoms with E-state index in [4.69, 9.17) is 9.47 Å². The molecular formula is C17H19FO3. The maximum absolute atomic E-state index is 13.6. The van der Waals surface area contributed by atoms with Crippen LogP contribution in [0.2, 0.25) is 0 Å². The van der Waals surface area contributed by atoms with Gasteiger partial charge in [-0.05, 0) is 50.6 Å². The zero-order chi connectivity index (χ0) is 15.4. The minimum absolute atomic E-state index is 0.360. The third-order valence-electron chi connectivity index (χ3n) is 3.09. The highest BCUT2D eigenvalue weighted by Crippen LogP contribution is 2.33. The number of halogens is 1. The van der Waals surface area contributed by atoms with Crippen molar-refractivity contribution in [1.29, 1.82) is 0 Å². The second kappa shape index (κ2) is 6.59. The van der Waals surface area contributed by atoms with Crippen LogP contribution in [0.25, 0.3) is 0 Å². The average molecular weight is 290 g/mol. The van der Waals surface area contributed by atoms with Gasteiger partial charge in [0, 0.05) is 11.6 Å². The number of rotatable bonds is 5. The van der Waals surface area contributed by atoms with E-state index in [9.17, 15) is 9.50 Å². The third-order valence-corrected chi connectivity index (χ3v) is 3.09. The minimum Gasteiger partial charge on any atom is -0.494 e. The second-order valence-electron chi connectivity index (χ2n) is 4.83. The van der Waals surface area contributed by atoms with E-state index in [2.05, 4.69) is 0 Å². The standard InChI is InChI=1S/C17H19FO3/c1-4-20-13-6-5-7-14(9-13)21-17-8-11(2)16(18)10-15(17)12(3)19/h5-10,12,19H,4H2,1-3H3/t12-/m1/s1. The van der Waals surface area contributed by atoms with Crippen molar-refractivity contribution in [2.24, 2.45) is 0 Å². The van der Waals surface area contributed by atoms with Gasteiger partial charge >= 0.3 is 0 Å². The van der Waals surface area contributed by atoms with E-state index in [1.807, 2.05) is 19.1 Å². The lowest BCUT2D eigenvalue weighted by Gasteiger charge is -2.15. The average Bonchev–Trinajstić information content (AvgIpc) is 2.43. The maximum Gasteiger partial charge on any atom is 0.133 e. The molecule has 0 aromatic heterocycles. The molecule has 0 unspecified atom stereocenters. The van der Waals surface area contributed by atoms with Crippen LogP contribution in [0, 0.1) is 12.7 Å². The highest BCUT2D eigenvalue weighted by atomic mass is 19.1. The molecule has 3 nitrogen and oxygen atoms in total. The van der Waals surface area contributed by atoms with Gasteiger partial charge in [-0.15, -0.1) is 0 Å². The van der Waals surface area contributed by atoms with Crippen LogP contribution in [-0.2, 0) is 0 Å². The molecule has 21 heavy (non-hydrogen) atoms. The summed E-state index contributed by atoms with van der Waals surface area (Å²) in [5, 5.41) is 9.77. The molecule has 0 aliphatic rings. The number of aliphatic hydroxyl groups is 1. The molecule has 0 spiro atoms. The summed E-state index contributed by atoms with van der Waals surface area (Å²) in [5.74, 6) is 1.36. The first-order valence-electron chi connectivity index (χ1n) is 6.90. The lowest BCUT2D eigenvalue weighted by atomic mass is 10.1. The van der Waals surface area contributed by atoms with Crippen LogP contribution in [0.4, 0.5) is 4.39 Å². The fourth-order valence-electron chi connectivity index (χ4n) is 2.01.